The molecule has 1 N–H and O–H groups in total. The Morgan fingerprint density at radius 3 is 2.81 bits per heavy atom. The van der Waals surface area contributed by atoms with E-state index < -0.39 is 5.60 Å². The summed E-state index contributed by atoms with van der Waals surface area (Å²) in [5, 5.41) is 11.2. The Morgan fingerprint density at radius 2 is 2.14 bits per heavy atom. The van der Waals surface area contributed by atoms with Gasteiger partial charge in [0.15, 0.2) is 0 Å². The fraction of sp³-hybridized carbons (Fsp3) is 0.562. The van der Waals surface area contributed by atoms with Crippen LogP contribution in [0.4, 0.5) is 0 Å². The predicted molar refractivity (Wildman–Crippen MR) is 85.8 cm³/mol. The summed E-state index contributed by atoms with van der Waals surface area (Å²) in [6.07, 6.45) is 2.74. The Labute approximate surface area is 135 Å². The van der Waals surface area contributed by atoms with Gasteiger partial charge in [-0.2, -0.15) is 0 Å². The smallest absolute Gasteiger partial charge is 0.223 e. The molecule has 21 heavy (non-hydrogen) atoms. The number of amides is 1. The minimum atomic E-state index is -0.861. The number of likely N-dealkylation sites (tertiary alicyclic amines) is 1. The quantitative estimate of drug-likeness (QED) is 0.915. The van der Waals surface area contributed by atoms with Crippen LogP contribution in [0.15, 0.2) is 18.2 Å². The number of carbonyl (C=O) groups is 1. The molecule has 1 unspecified atom stereocenters. The molecule has 2 rings (SSSR count). The van der Waals surface area contributed by atoms with Crippen LogP contribution in [-0.4, -0.2) is 34.1 Å². The Kier molecular flexibility index (Phi) is 5.18. The Morgan fingerprint density at radius 1 is 1.43 bits per heavy atom. The maximum absolute atomic E-state index is 12.4. The zero-order chi connectivity index (χ0) is 15.6. The average Bonchev–Trinajstić information content (AvgIpc) is 2.89. The molecule has 0 radical (unpaired) electrons. The van der Waals surface area contributed by atoms with E-state index in [1.807, 2.05) is 12.1 Å². The van der Waals surface area contributed by atoms with Crippen molar-refractivity contribution in [1.29, 1.82) is 0 Å². The van der Waals surface area contributed by atoms with Gasteiger partial charge in [0.25, 0.3) is 0 Å². The van der Waals surface area contributed by atoms with Crippen LogP contribution in [0.2, 0.25) is 10.0 Å². The largest absolute Gasteiger partial charge is 0.388 e. The first kappa shape index (κ1) is 16.6. The summed E-state index contributed by atoms with van der Waals surface area (Å²) in [7, 11) is 0. The van der Waals surface area contributed by atoms with Gasteiger partial charge in [-0.15, -0.1) is 0 Å². The summed E-state index contributed by atoms with van der Waals surface area (Å²) in [5.74, 6) is 0.0654. The fourth-order valence-electron chi connectivity index (χ4n) is 2.93. The van der Waals surface area contributed by atoms with Crippen LogP contribution in [0.25, 0.3) is 0 Å². The van der Waals surface area contributed by atoms with E-state index in [2.05, 4.69) is 0 Å². The van der Waals surface area contributed by atoms with Crippen molar-refractivity contribution in [2.24, 2.45) is 0 Å². The number of aryl methyl sites for hydroxylation is 1. The Balaban J connectivity index is 2.00. The molecule has 3 nitrogen and oxygen atoms in total. The van der Waals surface area contributed by atoms with Gasteiger partial charge in [0.2, 0.25) is 5.91 Å². The third-order valence-corrected chi connectivity index (χ3v) is 4.89. The normalized spacial score (nSPS) is 19.1. The van der Waals surface area contributed by atoms with Crippen molar-refractivity contribution in [2.45, 2.75) is 51.2 Å². The van der Waals surface area contributed by atoms with Crippen LogP contribution in [-0.2, 0) is 11.2 Å². The zero-order valence-electron chi connectivity index (χ0n) is 12.4. The number of benzene rings is 1. The summed E-state index contributed by atoms with van der Waals surface area (Å²) < 4.78 is 0. The topological polar surface area (TPSA) is 40.5 Å². The van der Waals surface area contributed by atoms with Gasteiger partial charge in [-0.25, -0.2) is 0 Å². The third kappa shape index (κ3) is 3.91. The first-order valence-corrected chi connectivity index (χ1v) is 8.01. The number of carbonyl (C=O) groups excluding carboxylic acids is 1. The first-order valence-electron chi connectivity index (χ1n) is 7.25. The van der Waals surface area contributed by atoms with Gasteiger partial charge in [0.1, 0.15) is 0 Å². The van der Waals surface area contributed by atoms with Gasteiger partial charge in [-0.1, -0.05) is 35.3 Å². The second kappa shape index (κ2) is 6.55. The molecule has 5 heteroatoms. The van der Waals surface area contributed by atoms with Gasteiger partial charge >= 0.3 is 0 Å². The third-order valence-electron chi connectivity index (χ3n) is 4.03. The lowest BCUT2D eigenvalue weighted by atomic mass is 9.96. The van der Waals surface area contributed by atoms with Gasteiger partial charge in [-0.3, -0.25) is 4.79 Å². The first-order chi connectivity index (χ1) is 9.80. The lowest BCUT2D eigenvalue weighted by Crippen LogP contribution is -2.48. The molecule has 0 aliphatic carbocycles. The molecule has 1 atom stereocenters. The molecule has 1 saturated heterocycles. The van der Waals surface area contributed by atoms with Crippen molar-refractivity contribution >= 4 is 29.1 Å². The standard InChI is InChI=1S/C16H21Cl2NO2/c1-16(2,21)13-7-4-10-19(13)14(20)9-8-11-5-3-6-12(17)15(11)18/h3,5-6,13,21H,4,7-10H2,1-2H3. The number of rotatable bonds is 4. The van der Waals surface area contributed by atoms with E-state index in [0.717, 1.165) is 24.9 Å². The van der Waals surface area contributed by atoms with Crippen LogP contribution in [0.1, 0.15) is 38.7 Å². The highest BCUT2D eigenvalue weighted by Crippen LogP contribution is 2.29. The molecule has 1 heterocycles. The zero-order valence-corrected chi connectivity index (χ0v) is 13.9. The van der Waals surface area contributed by atoms with E-state index in [0.29, 0.717) is 22.9 Å². The van der Waals surface area contributed by atoms with E-state index in [1.54, 1.807) is 24.8 Å². The molecule has 0 spiro atoms. The lowest BCUT2D eigenvalue weighted by Gasteiger charge is -2.34. The van der Waals surface area contributed by atoms with E-state index in [1.165, 1.54) is 0 Å². The molecule has 0 bridgehead atoms. The van der Waals surface area contributed by atoms with Crippen LogP contribution in [0, 0.1) is 0 Å². The van der Waals surface area contributed by atoms with E-state index in [9.17, 15) is 9.90 Å². The lowest BCUT2D eigenvalue weighted by molar-refractivity contribution is -0.136. The van der Waals surface area contributed by atoms with E-state index in [-0.39, 0.29) is 11.9 Å². The van der Waals surface area contributed by atoms with Gasteiger partial charge in [0, 0.05) is 13.0 Å². The number of hydrogen-bond acceptors (Lipinski definition) is 2. The molecule has 1 aliphatic heterocycles. The van der Waals surface area contributed by atoms with Gasteiger partial charge in [-0.05, 0) is 44.7 Å². The maximum Gasteiger partial charge on any atom is 0.223 e. The Bertz CT molecular complexity index is 525. The van der Waals surface area contributed by atoms with Crippen LogP contribution in [0.3, 0.4) is 0 Å². The molecule has 0 aromatic heterocycles. The molecular formula is C16H21Cl2NO2. The van der Waals surface area contributed by atoms with E-state index >= 15 is 0 Å². The van der Waals surface area contributed by atoms with Crippen LogP contribution < -0.4 is 0 Å². The fourth-order valence-corrected chi connectivity index (χ4v) is 3.34. The number of halogens is 2. The second-order valence-corrected chi connectivity index (χ2v) is 6.90. The van der Waals surface area contributed by atoms with Gasteiger partial charge < -0.3 is 10.0 Å². The molecule has 1 amide bonds. The SMILES string of the molecule is CC(C)(O)C1CCCN1C(=O)CCc1cccc(Cl)c1Cl. The molecule has 1 fully saturated rings. The molecule has 1 aromatic rings. The molecule has 0 saturated carbocycles. The highest BCUT2D eigenvalue weighted by molar-refractivity contribution is 6.42. The van der Waals surface area contributed by atoms with Crippen molar-refractivity contribution in [2.75, 3.05) is 6.54 Å². The summed E-state index contributed by atoms with van der Waals surface area (Å²) in [5.41, 5.74) is 0.0244. The monoisotopic (exact) mass is 329 g/mol. The van der Waals surface area contributed by atoms with Crippen molar-refractivity contribution in [3.63, 3.8) is 0 Å². The second-order valence-electron chi connectivity index (χ2n) is 6.11. The number of aliphatic hydroxyl groups is 1. The summed E-state index contributed by atoms with van der Waals surface area (Å²) in [6.45, 7) is 4.24. The molecular weight excluding hydrogens is 309 g/mol. The van der Waals surface area contributed by atoms with Crippen molar-refractivity contribution < 1.29 is 9.90 Å². The highest BCUT2D eigenvalue weighted by Gasteiger charge is 2.38. The van der Waals surface area contributed by atoms with Crippen molar-refractivity contribution in [3.8, 4) is 0 Å². The van der Waals surface area contributed by atoms with Crippen LogP contribution in [0.5, 0.6) is 0 Å². The number of nitrogens with zero attached hydrogens (tertiary/aromatic N) is 1. The van der Waals surface area contributed by atoms with Gasteiger partial charge in [0.05, 0.1) is 21.7 Å². The summed E-state index contributed by atoms with van der Waals surface area (Å²) in [4.78, 5) is 14.2. The minimum Gasteiger partial charge on any atom is -0.388 e. The maximum atomic E-state index is 12.4. The number of hydrogen-bond donors (Lipinski definition) is 1. The van der Waals surface area contributed by atoms with Crippen molar-refractivity contribution in [3.05, 3.63) is 33.8 Å². The molecule has 1 aromatic carbocycles. The molecule has 1 aliphatic rings. The Hall–Kier alpha value is -0.770. The molecule has 116 valence electrons. The average molecular weight is 330 g/mol. The van der Waals surface area contributed by atoms with Crippen molar-refractivity contribution in [1.82, 2.24) is 4.90 Å². The highest BCUT2D eigenvalue weighted by atomic mass is 35.5. The van der Waals surface area contributed by atoms with E-state index in [4.69, 9.17) is 23.2 Å². The predicted octanol–water partition coefficient (Wildman–Crippen LogP) is 3.69. The van der Waals surface area contributed by atoms with Crippen LogP contribution >= 0.6 is 23.2 Å². The summed E-state index contributed by atoms with van der Waals surface area (Å²) >= 11 is 12.1. The summed E-state index contributed by atoms with van der Waals surface area (Å²) in [6, 6.07) is 5.36. The minimum absolute atomic E-state index is 0.0654.